The Hall–Kier alpha value is -2.89. The van der Waals surface area contributed by atoms with Crippen LogP contribution in [0, 0.1) is 0 Å². The number of carbonyl (C=O) groups is 1. The minimum Gasteiger partial charge on any atom is -0.465 e. The van der Waals surface area contributed by atoms with Gasteiger partial charge in [0, 0.05) is 36.3 Å². The zero-order chi connectivity index (χ0) is 17.4. The van der Waals surface area contributed by atoms with Crippen LogP contribution in [0.5, 0.6) is 0 Å². The Bertz CT molecular complexity index is 938. The van der Waals surface area contributed by atoms with Gasteiger partial charge in [-0.25, -0.2) is 9.67 Å². The topological polar surface area (TPSA) is 64.2 Å². The summed E-state index contributed by atoms with van der Waals surface area (Å²) in [4.78, 5) is 19.2. The number of aromatic nitrogens is 3. The van der Waals surface area contributed by atoms with Crippen LogP contribution in [0.1, 0.15) is 42.4 Å². The molecule has 1 amide bonds. The van der Waals surface area contributed by atoms with E-state index < -0.39 is 0 Å². The molecule has 6 nitrogen and oxygen atoms in total. The van der Waals surface area contributed by atoms with E-state index in [1.807, 2.05) is 27.8 Å². The average molecular weight is 336 g/mol. The number of rotatable bonds is 3. The number of fused-ring (bicyclic) bond motifs is 1. The van der Waals surface area contributed by atoms with E-state index in [9.17, 15) is 4.79 Å². The monoisotopic (exact) mass is 336 g/mol. The van der Waals surface area contributed by atoms with E-state index in [2.05, 4.69) is 30.0 Å². The normalized spacial score (nSPS) is 15.0. The summed E-state index contributed by atoms with van der Waals surface area (Å²) < 4.78 is 7.32. The highest BCUT2D eigenvalue weighted by Crippen LogP contribution is 2.23. The number of nitrogens with zero attached hydrogens (tertiary/aromatic N) is 4. The van der Waals surface area contributed by atoms with Crippen LogP contribution in [-0.2, 0) is 0 Å². The molecule has 1 aliphatic rings. The molecule has 0 radical (unpaired) electrons. The molecule has 0 aliphatic carbocycles. The molecule has 4 heterocycles. The molecule has 1 aliphatic heterocycles. The summed E-state index contributed by atoms with van der Waals surface area (Å²) in [6.45, 7) is 5.37. The van der Waals surface area contributed by atoms with Crippen LogP contribution >= 0.6 is 0 Å². The SMILES string of the molecule is CC(C)n1ncc2cc(C(=O)N3CCC=C(c4ccco4)C3)cnc21. The van der Waals surface area contributed by atoms with Gasteiger partial charge in [-0.2, -0.15) is 5.10 Å². The maximum absolute atomic E-state index is 12.9. The molecule has 3 aromatic heterocycles. The smallest absolute Gasteiger partial charge is 0.255 e. The van der Waals surface area contributed by atoms with Crippen LogP contribution in [0.2, 0.25) is 0 Å². The zero-order valence-electron chi connectivity index (χ0n) is 14.3. The molecule has 3 aromatic rings. The summed E-state index contributed by atoms with van der Waals surface area (Å²) in [6, 6.07) is 5.89. The molecule has 6 heteroatoms. The number of hydrogen-bond acceptors (Lipinski definition) is 4. The molecule has 0 saturated carbocycles. The van der Waals surface area contributed by atoms with E-state index in [1.165, 1.54) is 0 Å². The maximum Gasteiger partial charge on any atom is 0.255 e. The molecule has 128 valence electrons. The fourth-order valence-corrected chi connectivity index (χ4v) is 3.17. The second-order valence-electron chi connectivity index (χ2n) is 6.54. The fourth-order valence-electron chi connectivity index (χ4n) is 3.17. The van der Waals surface area contributed by atoms with Gasteiger partial charge in [-0.15, -0.1) is 0 Å². The Morgan fingerprint density at radius 3 is 2.96 bits per heavy atom. The van der Waals surface area contributed by atoms with E-state index in [-0.39, 0.29) is 11.9 Å². The molecule has 0 aromatic carbocycles. The van der Waals surface area contributed by atoms with Gasteiger partial charge in [-0.3, -0.25) is 4.79 Å². The summed E-state index contributed by atoms with van der Waals surface area (Å²) in [5.74, 6) is 0.813. The van der Waals surface area contributed by atoms with E-state index in [0.717, 1.165) is 28.8 Å². The first-order chi connectivity index (χ1) is 12.1. The second-order valence-corrected chi connectivity index (χ2v) is 6.54. The number of amides is 1. The third kappa shape index (κ3) is 2.84. The van der Waals surface area contributed by atoms with Crippen LogP contribution in [0.15, 0.2) is 47.3 Å². The molecule has 4 rings (SSSR count). The van der Waals surface area contributed by atoms with Gasteiger partial charge in [-0.05, 0) is 38.5 Å². The highest BCUT2D eigenvalue weighted by Gasteiger charge is 2.22. The Kier molecular flexibility index (Phi) is 3.87. The first-order valence-corrected chi connectivity index (χ1v) is 8.49. The molecule has 0 spiro atoms. The first kappa shape index (κ1) is 15.6. The summed E-state index contributed by atoms with van der Waals surface area (Å²) in [5, 5.41) is 5.25. The van der Waals surface area contributed by atoms with E-state index in [4.69, 9.17) is 4.42 Å². The molecule has 25 heavy (non-hydrogen) atoms. The van der Waals surface area contributed by atoms with E-state index >= 15 is 0 Å². The van der Waals surface area contributed by atoms with Crippen LogP contribution < -0.4 is 0 Å². The number of pyridine rings is 1. The van der Waals surface area contributed by atoms with Crippen molar-refractivity contribution in [3.8, 4) is 0 Å². The average Bonchev–Trinajstić information content (AvgIpc) is 3.30. The van der Waals surface area contributed by atoms with Crippen LogP contribution in [0.4, 0.5) is 0 Å². The lowest BCUT2D eigenvalue weighted by molar-refractivity contribution is 0.0774. The molecule has 0 fully saturated rings. The van der Waals surface area contributed by atoms with Gasteiger partial charge in [0.1, 0.15) is 5.76 Å². The second kappa shape index (κ2) is 6.20. The summed E-state index contributed by atoms with van der Waals surface area (Å²) >= 11 is 0. The Morgan fingerprint density at radius 1 is 1.32 bits per heavy atom. The Balaban J connectivity index is 1.58. The van der Waals surface area contributed by atoms with Crippen LogP contribution in [0.25, 0.3) is 16.6 Å². The molecule has 0 N–H and O–H groups in total. The predicted octanol–water partition coefficient (Wildman–Crippen LogP) is 3.53. The highest BCUT2D eigenvalue weighted by atomic mass is 16.3. The van der Waals surface area contributed by atoms with Crippen LogP contribution in [-0.4, -0.2) is 38.7 Å². The van der Waals surface area contributed by atoms with Gasteiger partial charge in [0.05, 0.1) is 18.0 Å². The van der Waals surface area contributed by atoms with Crippen molar-refractivity contribution in [2.45, 2.75) is 26.3 Å². The lowest BCUT2D eigenvalue weighted by atomic mass is 10.1. The highest BCUT2D eigenvalue weighted by molar-refractivity contribution is 5.97. The van der Waals surface area contributed by atoms with Crippen LogP contribution in [0.3, 0.4) is 0 Å². The third-order valence-electron chi connectivity index (χ3n) is 4.45. The number of furan rings is 1. The minimum atomic E-state index is -0.0103. The summed E-state index contributed by atoms with van der Waals surface area (Å²) in [5.41, 5.74) is 2.45. The first-order valence-electron chi connectivity index (χ1n) is 8.49. The van der Waals surface area contributed by atoms with Crippen molar-refractivity contribution >= 4 is 22.5 Å². The third-order valence-corrected chi connectivity index (χ3v) is 4.45. The molecular formula is C19H20N4O2. The standard InChI is InChI=1S/C19H20N4O2/c1-13(2)23-18-15(11-21-23)9-16(10-20-18)19(24)22-7-3-5-14(12-22)17-6-4-8-25-17/h4-6,8-11,13H,3,7,12H2,1-2H3. The van der Waals surface area contributed by atoms with Crippen molar-refractivity contribution in [3.63, 3.8) is 0 Å². The van der Waals surface area contributed by atoms with Gasteiger partial charge in [0.2, 0.25) is 0 Å². The number of carbonyl (C=O) groups excluding carboxylic acids is 1. The zero-order valence-corrected chi connectivity index (χ0v) is 14.3. The van der Waals surface area contributed by atoms with Crippen molar-refractivity contribution in [1.29, 1.82) is 0 Å². The molecule has 0 unspecified atom stereocenters. The van der Waals surface area contributed by atoms with E-state index in [1.54, 1.807) is 18.7 Å². The lowest BCUT2D eigenvalue weighted by Crippen LogP contribution is -2.35. The summed E-state index contributed by atoms with van der Waals surface area (Å²) in [6.07, 6.45) is 8.03. The molecule has 0 atom stereocenters. The van der Waals surface area contributed by atoms with Crippen molar-refractivity contribution < 1.29 is 9.21 Å². The lowest BCUT2D eigenvalue weighted by Gasteiger charge is -2.26. The minimum absolute atomic E-state index is 0.0103. The van der Waals surface area contributed by atoms with Crippen molar-refractivity contribution in [1.82, 2.24) is 19.7 Å². The molecule has 0 saturated heterocycles. The van der Waals surface area contributed by atoms with Gasteiger partial charge in [-0.1, -0.05) is 6.08 Å². The van der Waals surface area contributed by atoms with Crippen molar-refractivity contribution in [3.05, 3.63) is 54.3 Å². The molecule has 0 bridgehead atoms. The van der Waals surface area contributed by atoms with Crippen molar-refractivity contribution in [2.24, 2.45) is 0 Å². The molecular weight excluding hydrogens is 316 g/mol. The maximum atomic E-state index is 12.9. The van der Waals surface area contributed by atoms with Gasteiger partial charge >= 0.3 is 0 Å². The number of hydrogen-bond donors (Lipinski definition) is 0. The largest absolute Gasteiger partial charge is 0.465 e. The quantitative estimate of drug-likeness (QED) is 0.734. The Labute approximate surface area is 145 Å². The van der Waals surface area contributed by atoms with Crippen molar-refractivity contribution in [2.75, 3.05) is 13.1 Å². The summed E-state index contributed by atoms with van der Waals surface area (Å²) in [7, 11) is 0. The predicted molar refractivity (Wildman–Crippen MR) is 95.1 cm³/mol. The Morgan fingerprint density at radius 2 is 2.20 bits per heavy atom. The van der Waals surface area contributed by atoms with E-state index in [0.29, 0.717) is 18.7 Å². The van der Waals surface area contributed by atoms with Gasteiger partial charge in [0.25, 0.3) is 5.91 Å². The fraction of sp³-hybridized carbons (Fsp3) is 0.316. The van der Waals surface area contributed by atoms with Gasteiger partial charge in [0.15, 0.2) is 5.65 Å². The van der Waals surface area contributed by atoms with Gasteiger partial charge < -0.3 is 9.32 Å².